The number of halogens is 2. The first-order valence-corrected chi connectivity index (χ1v) is 6.02. The average molecular weight is 283 g/mol. The molecule has 0 aliphatic carbocycles. The summed E-state index contributed by atoms with van der Waals surface area (Å²) in [4.78, 5) is 0.0121. The number of benzene rings is 1. The molecule has 0 spiro atoms. The zero-order valence-electron chi connectivity index (χ0n) is 8.91. The highest BCUT2D eigenvalue weighted by molar-refractivity contribution is 9.09. The normalized spacial score (nSPS) is 12.7. The highest BCUT2D eigenvalue weighted by Gasteiger charge is 2.14. The number of hydrogen-bond donors (Lipinski definition) is 0. The van der Waals surface area contributed by atoms with Gasteiger partial charge in [-0.3, -0.25) is 0 Å². The third kappa shape index (κ3) is 2.53. The van der Waals surface area contributed by atoms with Crippen molar-refractivity contribution in [2.24, 2.45) is 0 Å². The Morgan fingerprint density at radius 1 is 1.25 bits per heavy atom. The molecule has 16 heavy (non-hydrogen) atoms. The van der Waals surface area contributed by atoms with E-state index in [-0.39, 0.29) is 10.6 Å². The van der Waals surface area contributed by atoms with E-state index in [1.165, 1.54) is 6.07 Å². The minimum atomic E-state index is -0.171. The maximum absolute atomic E-state index is 13.4. The standard InChI is InChI=1S/C13H12BrFO/c1-9-6-7-13(16-9)11(14)8-10-4-2-3-5-12(10)15/h2-7,11H,8H2,1H3. The summed E-state index contributed by atoms with van der Waals surface area (Å²) in [5, 5.41) is 0. The molecule has 0 aliphatic rings. The lowest BCUT2D eigenvalue weighted by molar-refractivity contribution is 0.479. The van der Waals surface area contributed by atoms with Crippen LogP contribution in [-0.4, -0.2) is 0 Å². The first-order valence-electron chi connectivity index (χ1n) is 5.10. The van der Waals surface area contributed by atoms with Crippen molar-refractivity contribution in [3.05, 3.63) is 59.3 Å². The summed E-state index contributed by atoms with van der Waals surface area (Å²) in [5.74, 6) is 1.53. The van der Waals surface area contributed by atoms with Crippen LogP contribution in [0.1, 0.15) is 21.9 Å². The summed E-state index contributed by atoms with van der Waals surface area (Å²) in [5.41, 5.74) is 0.693. The molecule has 1 nitrogen and oxygen atoms in total. The van der Waals surface area contributed by atoms with E-state index in [2.05, 4.69) is 15.9 Å². The summed E-state index contributed by atoms with van der Waals surface area (Å²) >= 11 is 3.51. The molecule has 0 amide bonds. The van der Waals surface area contributed by atoms with E-state index in [1.54, 1.807) is 12.1 Å². The van der Waals surface area contributed by atoms with Crippen LogP contribution in [-0.2, 0) is 6.42 Å². The number of hydrogen-bond acceptors (Lipinski definition) is 1. The van der Waals surface area contributed by atoms with Gasteiger partial charge in [0.25, 0.3) is 0 Å². The van der Waals surface area contributed by atoms with E-state index in [1.807, 2.05) is 25.1 Å². The highest BCUT2D eigenvalue weighted by Crippen LogP contribution is 2.29. The minimum Gasteiger partial charge on any atom is -0.465 e. The molecule has 84 valence electrons. The molecule has 0 saturated carbocycles. The lowest BCUT2D eigenvalue weighted by Gasteiger charge is -2.07. The first-order chi connectivity index (χ1) is 7.66. The quantitative estimate of drug-likeness (QED) is 0.761. The third-order valence-electron chi connectivity index (χ3n) is 2.43. The predicted octanol–water partition coefficient (Wildman–Crippen LogP) is 4.41. The van der Waals surface area contributed by atoms with Gasteiger partial charge in [-0.25, -0.2) is 4.39 Å². The van der Waals surface area contributed by atoms with Crippen molar-refractivity contribution in [3.8, 4) is 0 Å². The maximum Gasteiger partial charge on any atom is 0.126 e. The molecule has 2 rings (SSSR count). The molecule has 1 atom stereocenters. The summed E-state index contributed by atoms with van der Waals surface area (Å²) in [7, 11) is 0. The summed E-state index contributed by atoms with van der Waals surface area (Å²) in [6.45, 7) is 1.90. The van der Waals surface area contributed by atoms with Crippen molar-refractivity contribution >= 4 is 15.9 Å². The molecule has 2 aromatic rings. The Balaban J connectivity index is 2.13. The van der Waals surface area contributed by atoms with Crippen LogP contribution < -0.4 is 0 Å². The number of rotatable bonds is 3. The fraction of sp³-hybridized carbons (Fsp3) is 0.231. The van der Waals surface area contributed by atoms with Crippen LogP contribution >= 0.6 is 15.9 Å². The van der Waals surface area contributed by atoms with Crippen LogP contribution in [0, 0.1) is 12.7 Å². The second kappa shape index (κ2) is 4.83. The van der Waals surface area contributed by atoms with Crippen molar-refractivity contribution < 1.29 is 8.81 Å². The molecule has 3 heteroatoms. The topological polar surface area (TPSA) is 13.1 Å². The SMILES string of the molecule is Cc1ccc(C(Br)Cc2ccccc2F)o1. The molecule has 1 aromatic carbocycles. The zero-order valence-corrected chi connectivity index (χ0v) is 10.5. The van der Waals surface area contributed by atoms with Crippen LogP contribution in [0.2, 0.25) is 0 Å². The lowest BCUT2D eigenvalue weighted by atomic mass is 10.1. The van der Waals surface area contributed by atoms with Gasteiger partial charge in [0, 0.05) is 0 Å². The van der Waals surface area contributed by atoms with Crippen molar-refractivity contribution in [2.45, 2.75) is 18.2 Å². The maximum atomic E-state index is 13.4. The van der Waals surface area contributed by atoms with Gasteiger partial charge in [-0.15, -0.1) is 0 Å². The van der Waals surface area contributed by atoms with Crippen LogP contribution in [0.3, 0.4) is 0 Å². The Bertz CT molecular complexity index is 478. The predicted molar refractivity (Wildman–Crippen MR) is 65.2 cm³/mol. The molecular formula is C13H12BrFO. The zero-order chi connectivity index (χ0) is 11.5. The Labute approximate surface area is 102 Å². The monoisotopic (exact) mass is 282 g/mol. The molecule has 0 fully saturated rings. The van der Waals surface area contributed by atoms with Gasteiger partial charge in [0.05, 0.1) is 4.83 Å². The van der Waals surface area contributed by atoms with E-state index >= 15 is 0 Å². The van der Waals surface area contributed by atoms with Gasteiger partial charge in [-0.05, 0) is 37.1 Å². The van der Waals surface area contributed by atoms with E-state index < -0.39 is 0 Å². The Hall–Kier alpha value is -1.09. The number of furan rings is 1. The van der Waals surface area contributed by atoms with Gasteiger partial charge in [0.1, 0.15) is 17.3 Å². The van der Waals surface area contributed by atoms with Crippen molar-refractivity contribution in [3.63, 3.8) is 0 Å². The largest absolute Gasteiger partial charge is 0.465 e. The fourth-order valence-corrected chi connectivity index (χ4v) is 2.17. The van der Waals surface area contributed by atoms with E-state index in [4.69, 9.17) is 4.42 Å². The van der Waals surface area contributed by atoms with Gasteiger partial charge in [-0.1, -0.05) is 34.1 Å². The molecule has 1 aromatic heterocycles. The molecule has 0 radical (unpaired) electrons. The summed E-state index contributed by atoms with van der Waals surface area (Å²) in [6, 6.07) is 10.6. The van der Waals surface area contributed by atoms with Crippen LogP contribution in [0.5, 0.6) is 0 Å². The average Bonchev–Trinajstić information content (AvgIpc) is 2.68. The van der Waals surface area contributed by atoms with E-state index in [0.29, 0.717) is 12.0 Å². The van der Waals surface area contributed by atoms with E-state index in [0.717, 1.165) is 11.5 Å². The van der Waals surface area contributed by atoms with Crippen molar-refractivity contribution in [2.75, 3.05) is 0 Å². The van der Waals surface area contributed by atoms with E-state index in [9.17, 15) is 4.39 Å². The second-order valence-electron chi connectivity index (χ2n) is 3.71. The minimum absolute atomic E-state index is 0.0121. The van der Waals surface area contributed by atoms with Crippen LogP contribution in [0.4, 0.5) is 4.39 Å². The van der Waals surface area contributed by atoms with Crippen molar-refractivity contribution in [1.29, 1.82) is 0 Å². The van der Waals surface area contributed by atoms with Crippen molar-refractivity contribution in [1.82, 2.24) is 0 Å². The van der Waals surface area contributed by atoms with Gasteiger partial charge in [0.15, 0.2) is 0 Å². The molecule has 0 bridgehead atoms. The molecule has 0 N–H and O–H groups in total. The second-order valence-corrected chi connectivity index (χ2v) is 4.82. The van der Waals surface area contributed by atoms with Gasteiger partial charge in [-0.2, -0.15) is 0 Å². The molecule has 0 saturated heterocycles. The Kier molecular flexibility index (Phi) is 3.44. The molecular weight excluding hydrogens is 271 g/mol. The molecule has 1 unspecified atom stereocenters. The Morgan fingerprint density at radius 2 is 2.00 bits per heavy atom. The smallest absolute Gasteiger partial charge is 0.126 e. The van der Waals surface area contributed by atoms with Gasteiger partial charge in [0.2, 0.25) is 0 Å². The van der Waals surface area contributed by atoms with Gasteiger partial charge >= 0.3 is 0 Å². The lowest BCUT2D eigenvalue weighted by Crippen LogP contribution is -1.96. The van der Waals surface area contributed by atoms with Gasteiger partial charge < -0.3 is 4.42 Å². The number of alkyl halides is 1. The molecule has 0 aliphatic heterocycles. The Morgan fingerprint density at radius 3 is 2.62 bits per heavy atom. The highest BCUT2D eigenvalue weighted by atomic mass is 79.9. The van der Waals surface area contributed by atoms with Crippen LogP contribution in [0.25, 0.3) is 0 Å². The molecule has 1 heterocycles. The summed E-state index contributed by atoms with van der Waals surface area (Å²) in [6.07, 6.45) is 0.583. The summed E-state index contributed by atoms with van der Waals surface area (Å²) < 4.78 is 18.9. The first kappa shape index (κ1) is 11.4. The fourth-order valence-electron chi connectivity index (χ4n) is 1.58. The van der Waals surface area contributed by atoms with Crippen LogP contribution in [0.15, 0.2) is 40.8 Å². The third-order valence-corrected chi connectivity index (χ3v) is 3.20. The number of aryl methyl sites for hydroxylation is 1.